The molecule has 6 heteroatoms. The van der Waals surface area contributed by atoms with Gasteiger partial charge in [-0.05, 0) is 18.2 Å². The van der Waals surface area contributed by atoms with Crippen molar-refractivity contribution in [2.45, 2.75) is 13.3 Å². The molecule has 3 rings (SSSR count). The fourth-order valence-electron chi connectivity index (χ4n) is 2.55. The van der Waals surface area contributed by atoms with Crippen LogP contribution in [0.15, 0.2) is 58.0 Å². The number of nitrogens with one attached hydrogen (secondary N) is 1. The molecule has 1 N–H and O–H groups in total. The molecule has 6 nitrogen and oxygen atoms in total. The SMILES string of the molecule is CCc1oc2ccccc2c1/C=N\NC(=O)COc1ccccc1C#N. The van der Waals surface area contributed by atoms with E-state index < -0.39 is 5.91 Å². The zero-order chi connectivity index (χ0) is 18.4. The highest BCUT2D eigenvalue weighted by Gasteiger charge is 2.11. The predicted octanol–water partition coefficient (Wildman–Crippen LogP) is 3.40. The third-order valence-corrected chi connectivity index (χ3v) is 3.78. The highest BCUT2D eigenvalue weighted by Crippen LogP contribution is 2.24. The molecule has 130 valence electrons. The number of carbonyl (C=O) groups is 1. The second-order valence-corrected chi connectivity index (χ2v) is 5.48. The van der Waals surface area contributed by atoms with Gasteiger partial charge >= 0.3 is 0 Å². The largest absolute Gasteiger partial charge is 0.482 e. The van der Waals surface area contributed by atoms with Gasteiger partial charge in [0.25, 0.3) is 5.91 Å². The summed E-state index contributed by atoms with van der Waals surface area (Å²) in [7, 11) is 0. The van der Waals surface area contributed by atoms with Crippen molar-refractivity contribution in [1.82, 2.24) is 5.43 Å². The summed E-state index contributed by atoms with van der Waals surface area (Å²) >= 11 is 0. The number of fused-ring (bicyclic) bond motifs is 1. The number of benzene rings is 2. The average molecular weight is 347 g/mol. The zero-order valence-corrected chi connectivity index (χ0v) is 14.2. The van der Waals surface area contributed by atoms with Gasteiger partial charge in [-0.2, -0.15) is 10.4 Å². The molecular formula is C20H17N3O3. The maximum absolute atomic E-state index is 11.9. The molecule has 3 aromatic rings. The quantitative estimate of drug-likeness (QED) is 0.547. The standard InChI is InChI=1S/C20H17N3O3/c1-2-17-16(15-8-4-6-10-19(15)26-17)12-22-23-20(24)13-25-18-9-5-3-7-14(18)11-21/h3-10,12H,2,13H2,1H3,(H,23,24)/b22-12-. The number of carbonyl (C=O) groups excluding carboxylic acids is 1. The number of amides is 1. The Morgan fingerprint density at radius 1 is 1.27 bits per heavy atom. The van der Waals surface area contributed by atoms with E-state index in [0.717, 1.165) is 28.7 Å². The summed E-state index contributed by atoms with van der Waals surface area (Å²) in [6, 6.07) is 16.4. The normalized spacial score (nSPS) is 10.8. The van der Waals surface area contributed by atoms with Crippen molar-refractivity contribution >= 4 is 23.1 Å². The molecule has 0 saturated carbocycles. The van der Waals surface area contributed by atoms with Crippen LogP contribution < -0.4 is 10.2 Å². The second-order valence-electron chi connectivity index (χ2n) is 5.48. The Labute approximate surface area is 150 Å². The van der Waals surface area contributed by atoms with Crippen molar-refractivity contribution in [3.8, 4) is 11.8 Å². The Morgan fingerprint density at radius 2 is 2.04 bits per heavy atom. The van der Waals surface area contributed by atoms with E-state index in [-0.39, 0.29) is 6.61 Å². The lowest BCUT2D eigenvalue weighted by atomic mass is 10.1. The number of nitriles is 1. The van der Waals surface area contributed by atoms with Gasteiger partial charge in [0.05, 0.1) is 11.8 Å². The van der Waals surface area contributed by atoms with Gasteiger partial charge in [-0.3, -0.25) is 4.79 Å². The van der Waals surface area contributed by atoms with E-state index in [2.05, 4.69) is 10.5 Å². The average Bonchev–Trinajstić information content (AvgIpc) is 3.04. The number of aryl methyl sites for hydroxylation is 1. The minimum Gasteiger partial charge on any atom is -0.482 e. The van der Waals surface area contributed by atoms with Crippen LogP contribution in [-0.2, 0) is 11.2 Å². The molecule has 0 spiro atoms. The van der Waals surface area contributed by atoms with E-state index in [1.54, 1.807) is 30.5 Å². The molecule has 0 aliphatic carbocycles. The number of furan rings is 1. The highest BCUT2D eigenvalue weighted by atomic mass is 16.5. The number of nitrogens with zero attached hydrogens (tertiary/aromatic N) is 2. The van der Waals surface area contributed by atoms with E-state index in [1.807, 2.05) is 37.3 Å². The van der Waals surface area contributed by atoms with Gasteiger partial charge in [0.1, 0.15) is 23.2 Å². The molecule has 0 saturated heterocycles. The number of para-hydroxylation sites is 2. The lowest BCUT2D eigenvalue weighted by Gasteiger charge is -2.06. The van der Waals surface area contributed by atoms with Crippen LogP contribution in [0.2, 0.25) is 0 Å². The molecular weight excluding hydrogens is 330 g/mol. The number of ether oxygens (including phenoxy) is 1. The Balaban J connectivity index is 1.64. The van der Waals surface area contributed by atoms with Crippen LogP contribution >= 0.6 is 0 Å². The number of hydrogen-bond acceptors (Lipinski definition) is 5. The van der Waals surface area contributed by atoms with Gasteiger partial charge in [-0.1, -0.05) is 37.3 Å². The Morgan fingerprint density at radius 3 is 2.85 bits per heavy atom. The smallest absolute Gasteiger partial charge is 0.277 e. The summed E-state index contributed by atoms with van der Waals surface area (Å²) in [4.78, 5) is 11.9. The van der Waals surface area contributed by atoms with E-state index >= 15 is 0 Å². The lowest BCUT2D eigenvalue weighted by molar-refractivity contribution is -0.123. The third-order valence-electron chi connectivity index (χ3n) is 3.78. The molecule has 0 aliphatic rings. The molecule has 1 amide bonds. The van der Waals surface area contributed by atoms with Crippen molar-refractivity contribution < 1.29 is 13.9 Å². The third kappa shape index (κ3) is 3.73. The lowest BCUT2D eigenvalue weighted by Crippen LogP contribution is -2.24. The first kappa shape index (κ1) is 17.2. The van der Waals surface area contributed by atoms with Crippen LogP contribution in [0, 0.1) is 11.3 Å². The van der Waals surface area contributed by atoms with Gasteiger partial charge in [0, 0.05) is 17.4 Å². The summed E-state index contributed by atoms with van der Waals surface area (Å²) in [5.41, 5.74) is 4.43. The topological polar surface area (TPSA) is 87.6 Å². The summed E-state index contributed by atoms with van der Waals surface area (Å²) < 4.78 is 11.1. The molecule has 26 heavy (non-hydrogen) atoms. The Hall–Kier alpha value is -3.59. The predicted molar refractivity (Wildman–Crippen MR) is 98.0 cm³/mol. The summed E-state index contributed by atoms with van der Waals surface area (Å²) in [5.74, 6) is 0.756. The molecule has 0 bridgehead atoms. The van der Waals surface area contributed by atoms with Gasteiger partial charge < -0.3 is 9.15 Å². The summed E-state index contributed by atoms with van der Waals surface area (Å²) in [6.45, 7) is 1.76. The van der Waals surface area contributed by atoms with E-state index in [9.17, 15) is 4.79 Å². The molecule has 0 fully saturated rings. The van der Waals surface area contributed by atoms with Crippen LogP contribution in [0.5, 0.6) is 5.75 Å². The fraction of sp³-hybridized carbons (Fsp3) is 0.150. The van der Waals surface area contributed by atoms with Crippen molar-refractivity contribution in [3.05, 3.63) is 65.4 Å². The van der Waals surface area contributed by atoms with Gasteiger partial charge in [0.2, 0.25) is 0 Å². The molecule has 1 heterocycles. The van der Waals surface area contributed by atoms with Crippen molar-refractivity contribution in [1.29, 1.82) is 5.26 Å². The fourth-order valence-corrected chi connectivity index (χ4v) is 2.55. The van der Waals surface area contributed by atoms with E-state index in [0.29, 0.717) is 11.3 Å². The highest BCUT2D eigenvalue weighted by molar-refractivity contribution is 5.99. The summed E-state index contributed by atoms with van der Waals surface area (Å²) in [5, 5.41) is 13.9. The van der Waals surface area contributed by atoms with E-state index in [1.165, 1.54) is 0 Å². The maximum atomic E-state index is 11.9. The van der Waals surface area contributed by atoms with Crippen LogP contribution in [0.3, 0.4) is 0 Å². The van der Waals surface area contributed by atoms with Crippen LogP contribution in [-0.4, -0.2) is 18.7 Å². The van der Waals surface area contributed by atoms with Crippen LogP contribution in [0.25, 0.3) is 11.0 Å². The number of hydrogen-bond donors (Lipinski definition) is 1. The first-order valence-electron chi connectivity index (χ1n) is 8.17. The van der Waals surface area contributed by atoms with Crippen LogP contribution in [0.4, 0.5) is 0 Å². The van der Waals surface area contributed by atoms with Gasteiger partial charge in [0.15, 0.2) is 6.61 Å². The molecule has 2 aromatic carbocycles. The minimum absolute atomic E-state index is 0.233. The molecule has 0 unspecified atom stereocenters. The molecule has 0 aliphatic heterocycles. The maximum Gasteiger partial charge on any atom is 0.277 e. The van der Waals surface area contributed by atoms with Crippen molar-refractivity contribution in [3.63, 3.8) is 0 Å². The van der Waals surface area contributed by atoms with Gasteiger partial charge in [-0.25, -0.2) is 5.43 Å². The Kier molecular flexibility index (Phi) is 5.30. The monoisotopic (exact) mass is 347 g/mol. The van der Waals surface area contributed by atoms with Crippen LogP contribution in [0.1, 0.15) is 23.8 Å². The summed E-state index contributed by atoms with van der Waals surface area (Å²) in [6.07, 6.45) is 2.30. The molecule has 0 radical (unpaired) electrons. The molecule has 0 atom stereocenters. The first-order chi connectivity index (χ1) is 12.7. The number of hydrazone groups is 1. The first-order valence-corrected chi connectivity index (χ1v) is 8.17. The van der Waals surface area contributed by atoms with Crippen molar-refractivity contribution in [2.24, 2.45) is 5.10 Å². The molecule has 1 aromatic heterocycles. The zero-order valence-electron chi connectivity index (χ0n) is 14.2. The van der Waals surface area contributed by atoms with Gasteiger partial charge in [-0.15, -0.1) is 0 Å². The Bertz CT molecular complexity index is 999. The minimum atomic E-state index is -0.417. The van der Waals surface area contributed by atoms with Crippen molar-refractivity contribution in [2.75, 3.05) is 6.61 Å². The number of rotatable bonds is 6. The second kappa shape index (κ2) is 7.99. The van der Waals surface area contributed by atoms with E-state index in [4.69, 9.17) is 14.4 Å².